The number of carbonyl (C=O) groups is 3. The minimum absolute atomic E-state index is 0.0110. The van der Waals surface area contributed by atoms with Crippen molar-refractivity contribution in [2.45, 2.75) is 6.54 Å². The summed E-state index contributed by atoms with van der Waals surface area (Å²) in [6.07, 6.45) is 0. The maximum absolute atomic E-state index is 12.7. The molecule has 0 fully saturated rings. The summed E-state index contributed by atoms with van der Waals surface area (Å²) < 4.78 is 10.2. The molecule has 0 atom stereocenters. The Bertz CT molecular complexity index is 1190. The van der Waals surface area contributed by atoms with Crippen molar-refractivity contribution in [1.82, 2.24) is 0 Å². The van der Waals surface area contributed by atoms with E-state index in [0.29, 0.717) is 34.3 Å². The number of hydrogen-bond acceptors (Lipinski definition) is 5. The number of nitrogens with one attached hydrogen (secondary N) is 1. The maximum atomic E-state index is 12.7. The lowest BCUT2D eigenvalue weighted by atomic mass is 10.1. The van der Waals surface area contributed by atoms with Crippen LogP contribution in [-0.4, -0.2) is 31.5 Å². The quantitative estimate of drug-likeness (QED) is 0.586. The number of rotatable bonds is 5. The predicted octanol–water partition coefficient (Wildman–Crippen LogP) is 4.30. The third kappa shape index (κ3) is 4.43. The maximum Gasteiger partial charge on any atom is 0.337 e. The lowest BCUT2D eigenvalue weighted by molar-refractivity contribution is -0.121. The standard InChI is InChI=1S/C24H19ClN2O5/c1-31-24(30)17-10-11-18(25)19(12-17)26-23(29)16-8-6-15(7-9-16)13-27-20-4-2-3-5-21(20)32-14-22(27)28/h2-12H,13-14H2,1H3,(H,26,29). The molecule has 4 rings (SSSR count). The molecule has 162 valence electrons. The largest absolute Gasteiger partial charge is 0.482 e. The topological polar surface area (TPSA) is 84.9 Å². The number of hydrogen-bond donors (Lipinski definition) is 1. The second-order valence-corrected chi connectivity index (χ2v) is 7.48. The van der Waals surface area contributed by atoms with Gasteiger partial charge in [0.2, 0.25) is 0 Å². The molecule has 0 saturated carbocycles. The first-order valence-electron chi connectivity index (χ1n) is 9.76. The van der Waals surface area contributed by atoms with Crippen molar-refractivity contribution < 1.29 is 23.9 Å². The fraction of sp³-hybridized carbons (Fsp3) is 0.125. The Morgan fingerprint density at radius 3 is 2.53 bits per heavy atom. The van der Waals surface area contributed by atoms with E-state index < -0.39 is 5.97 Å². The van der Waals surface area contributed by atoms with Crippen molar-refractivity contribution in [1.29, 1.82) is 0 Å². The first-order valence-corrected chi connectivity index (χ1v) is 10.1. The molecule has 8 heteroatoms. The second-order valence-electron chi connectivity index (χ2n) is 7.07. The molecule has 1 aliphatic rings. The molecule has 3 aromatic rings. The third-order valence-electron chi connectivity index (χ3n) is 5.00. The van der Waals surface area contributed by atoms with Crippen molar-refractivity contribution in [3.8, 4) is 5.75 Å². The first kappa shape index (κ1) is 21.4. The molecule has 0 aromatic heterocycles. The number of para-hydroxylation sites is 2. The predicted molar refractivity (Wildman–Crippen MR) is 120 cm³/mol. The number of ether oxygens (including phenoxy) is 2. The van der Waals surface area contributed by atoms with Crippen LogP contribution in [0.3, 0.4) is 0 Å². The van der Waals surface area contributed by atoms with Gasteiger partial charge in [0.15, 0.2) is 6.61 Å². The Morgan fingerprint density at radius 2 is 1.78 bits per heavy atom. The van der Waals surface area contributed by atoms with Gasteiger partial charge in [0, 0.05) is 5.56 Å². The molecule has 0 radical (unpaired) electrons. The number of halogens is 1. The van der Waals surface area contributed by atoms with E-state index in [1.165, 1.54) is 25.3 Å². The third-order valence-corrected chi connectivity index (χ3v) is 5.33. The van der Waals surface area contributed by atoms with Crippen molar-refractivity contribution in [2.24, 2.45) is 0 Å². The van der Waals surface area contributed by atoms with Gasteiger partial charge in [-0.3, -0.25) is 9.59 Å². The van der Waals surface area contributed by atoms with Gasteiger partial charge in [-0.2, -0.15) is 0 Å². The van der Waals surface area contributed by atoms with Crippen molar-refractivity contribution in [3.05, 3.63) is 88.4 Å². The lowest BCUT2D eigenvalue weighted by Crippen LogP contribution is -2.38. The van der Waals surface area contributed by atoms with Gasteiger partial charge in [-0.1, -0.05) is 35.9 Å². The highest BCUT2D eigenvalue weighted by molar-refractivity contribution is 6.34. The Labute approximate surface area is 189 Å². The highest BCUT2D eigenvalue weighted by Gasteiger charge is 2.25. The van der Waals surface area contributed by atoms with E-state index in [1.54, 1.807) is 29.2 Å². The Balaban J connectivity index is 1.48. The van der Waals surface area contributed by atoms with Crippen LogP contribution >= 0.6 is 11.6 Å². The van der Waals surface area contributed by atoms with Gasteiger partial charge in [0.05, 0.1) is 35.6 Å². The summed E-state index contributed by atoms with van der Waals surface area (Å²) in [4.78, 5) is 38.4. The fourth-order valence-corrected chi connectivity index (χ4v) is 3.50. The van der Waals surface area contributed by atoms with Gasteiger partial charge in [-0.05, 0) is 48.0 Å². The van der Waals surface area contributed by atoms with Crippen molar-refractivity contribution in [3.63, 3.8) is 0 Å². The van der Waals surface area contributed by atoms with Crippen LogP contribution in [0.5, 0.6) is 5.75 Å². The number of nitrogens with zero attached hydrogens (tertiary/aromatic N) is 1. The minimum atomic E-state index is -0.527. The number of esters is 1. The van der Waals surface area contributed by atoms with Crippen LogP contribution in [0, 0.1) is 0 Å². The molecule has 0 unspecified atom stereocenters. The molecule has 1 aliphatic heterocycles. The average Bonchev–Trinajstić information content (AvgIpc) is 2.82. The van der Waals surface area contributed by atoms with Gasteiger partial charge in [0.1, 0.15) is 5.75 Å². The SMILES string of the molecule is COC(=O)c1ccc(Cl)c(NC(=O)c2ccc(CN3C(=O)COc4ccccc43)cc2)c1. The summed E-state index contributed by atoms with van der Waals surface area (Å²) in [7, 11) is 1.28. The van der Waals surface area contributed by atoms with E-state index in [4.69, 9.17) is 21.1 Å². The summed E-state index contributed by atoms with van der Waals surface area (Å²) in [6.45, 7) is 0.344. The monoisotopic (exact) mass is 450 g/mol. The molecule has 0 spiro atoms. The lowest BCUT2D eigenvalue weighted by Gasteiger charge is -2.29. The zero-order chi connectivity index (χ0) is 22.7. The van der Waals surface area contributed by atoms with Crippen LogP contribution in [0.15, 0.2) is 66.7 Å². The van der Waals surface area contributed by atoms with Crippen LogP contribution in [0.4, 0.5) is 11.4 Å². The molecule has 0 saturated heterocycles. The van der Waals surface area contributed by atoms with E-state index in [0.717, 1.165) is 5.56 Å². The Hall–Kier alpha value is -3.84. The van der Waals surface area contributed by atoms with Crippen LogP contribution < -0.4 is 15.0 Å². The van der Waals surface area contributed by atoms with Gasteiger partial charge in [0.25, 0.3) is 11.8 Å². The Kier molecular flexibility index (Phi) is 6.09. The molecule has 1 N–H and O–H groups in total. The molecule has 1 heterocycles. The van der Waals surface area contributed by atoms with E-state index in [-0.39, 0.29) is 24.0 Å². The molecular weight excluding hydrogens is 432 g/mol. The normalized spacial score (nSPS) is 12.6. The molecule has 2 amide bonds. The fourth-order valence-electron chi connectivity index (χ4n) is 3.33. The molecule has 0 bridgehead atoms. The summed E-state index contributed by atoms with van der Waals surface area (Å²) >= 11 is 6.15. The number of methoxy groups -OCH3 is 1. The molecule has 32 heavy (non-hydrogen) atoms. The number of anilines is 2. The van der Waals surface area contributed by atoms with Crippen LogP contribution in [-0.2, 0) is 16.1 Å². The van der Waals surface area contributed by atoms with Gasteiger partial charge >= 0.3 is 5.97 Å². The number of benzene rings is 3. The zero-order valence-electron chi connectivity index (χ0n) is 17.1. The zero-order valence-corrected chi connectivity index (χ0v) is 17.9. The molecule has 0 aliphatic carbocycles. The van der Waals surface area contributed by atoms with Crippen molar-refractivity contribution >= 4 is 40.8 Å². The smallest absolute Gasteiger partial charge is 0.337 e. The summed E-state index contributed by atoms with van der Waals surface area (Å²) in [6, 6.07) is 18.8. The number of fused-ring (bicyclic) bond motifs is 1. The van der Waals surface area contributed by atoms with E-state index in [2.05, 4.69) is 5.32 Å². The van der Waals surface area contributed by atoms with Crippen molar-refractivity contribution in [2.75, 3.05) is 23.9 Å². The summed E-state index contributed by atoms with van der Waals surface area (Å²) in [5, 5.41) is 3.01. The highest BCUT2D eigenvalue weighted by Crippen LogP contribution is 2.32. The molecule has 7 nitrogen and oxygen atoms in total. The number of amides is 2. The Morgan fingerprint density at radius 1 is 1.06 bits per heavy atom. The van der Waals surface area contributed by atoms with Crippen LogP contribution in [0.1, 0.15) is 26.3 Å². The van der Waals surface area contributed by atoms with Crippen LogP contribution in [0.25, 0.3) is 0 Å². The van der Waals surface area contributed by atoms with E-state index in [1.807, 2.05) is 24.3 Å². The number of carbonyl (C=O) groups excluding carboxylic acids is 3. The summed E-state index contributed by atoms with van der Waals surface area (Å²) in [5.41, 5.74) is 2.56. The summed E-state index contributed by atoms with van der Waals surface area (Å²) in [5.74, 6) is -0.381. The van der Waals surface area contributed by atoms with Gasteiger partial charge in [-0.25, -0.2) is 4.79 Å². The minimum Gasteiger partial charge on any atom is -0.482 e. The average molecular weight is 451 g/mol. The second kappa shape index (κ2) is 9.11. The van der Waals surface area contributed by atoms with E-state index >= 15 is 0 Å². The molecule has 3 aromatic carbocycles. The van der Waals surface area contributed by atoms with Gasteiger partial charge in [-0.15, -0.1) is 0 Å². The van der Waals surface area contributed by atoms with E-state index in [9.17, 15) is 14.4 Å². The van der Waals surface area contributed by atoms with Gasteiger partial charge < -0.3 is 19.7 Å². The van der Waals surface area contributed by atoms with Crippen LogP contribution in [0.2, 0.25) is 5.02 Å². The first-order chi connectivity index (χ1) is 15.5. The highest BCUT2D eigenvalue weighted by atomic mass is 35.5. The molecular formula is C24H19ClN2O5.